The molecule has 0 aromatic heterocycles. The predicted octanol–water partition coefficient (Wildman–Crippen LogP) is 2.62. The topological polar surface area (TPSA) is 41.6 Å². The highest BCUT2D eigenvalue weighted by atomic mass is 16.5. The summed E-state index contributed by atoms with van der Waals surface area (Å²) in [6.07, 6.45) is 6.58. The van der Waals surface area contributed by atoms with Crippen molar-refractivity contribution in [3.8, 4) is 5.75 Å². The Morgan fingerprint density at radius 1 is 1.36 bits per heavy atom. The summed E-state index contributed by atoms with van der Waals surface area (Å²) in [5, 5.41) is 3.06. The Labute approximate surface area is 133 Å². The summed E-state index contributed by atoms with van der Waals surface area (Å²) in [5.74, 6) is 1.14. The molecular formula is C18H28N2O2. The zero-order valence-electron chi connectivity index (χ0n) is 13.8. The minimum Gasteiger partial charge on any atom is -0.490 e. The Morgan fingerprint density at radius 2 is 2.14 bits per heavy atom. The maximum Gasteiger partial charge on any atom is 0.222 e. The molecule has 4 heteroatoms. The van der Waals surface area contributed by atoms with Gasteiger partial charge in [-0.25, -0.2) is 0 Å². The zero-order valence-corrected chi connectivity index (χ0v) is 13.8. The molecule has 1 aromatic rings. The van der Waals surface area contributed by atoms with Gasteiger partial charge < -0.3 is 15.0 Å². The van der Waals surface area contributed by atoms with Crippen LogP contribution in [0.25, 0.3) is 0 Å². The van der Waals surface area contributed by atoms with Gasteiger partial charge in [-0.05, 0) is 56.8 Å². The lowest BCUT2D eigenvalue weighted by Crippen LogP contribution is -2.32. The van der Waals surface area contributed by atoms with E-state index >= 15 is 0 Å². The van der Waals surface area contributed by atoms with E-state index in [0.29, 0.717) is 12.5 Å². The number of likely N-dealkylation sites (N-methyl/N-ethyl adjacent to an activating group) is 2. The number of nitrogens with zero attached hydrogens (tertiary/aromatic N) is 1. The fourth-order valence-electron chi connectivity index (χ4n) is 2.82. The highest BCUT2D eigenvalue weighted by molar-refractivity contribution is 5.76. The normalized spacial score (nSPS) is 15.0. The van der Waals surface area contributed by atoms with Crippen LogP contribution in [-0.4, -0.2) is 44.1 Å². The van der Waals surface area contributed by atoms with Crippen LogP contribution in [0.3, 0.4) is 0 Å². The van der Waals surface area contributed by atoms with Gasteiger partial charge in [0.15, 0.2) is 0 Å². The molecule has 0 spiro atoms. The zero-order chi connectivity index (χ0) is 15.8. The molecule has 0 radical (unpaired) electrons. The lowest BCUT2D eigenvalue weighted by atomic mass is 10.1. The Hall–Kier alpha value is -1.55. The van der Waals surface area contributed by atoms with E-state index in [4.69, 9.17) is 4.74 Å². The molecule has 2 rings (SSSR count). The molecule has 4 nitrogen and oxygen atoms in total. The Bertz CT molecular complexity index is 470. The molecule has 0 atom stereocenters. The van der Waals surface area contributed by atoms with Gasteiger partial charge in [-0.1, -0.05) is 12.1 Å². The van der Waals surface area contributed by atoms with Crippen LogP contribution in [0.4, 0.5) is 0 Å². The van der Waals surface area contributed by atoms with Gasteiger partial charge in [0.1, 0.15) is 5.75 Å². The number of carbonyl (C=O) groups is 1. The van der Waals surface area contributed by atoms with Crippen molar-refractivity contribution in [1.82, 2.24) is 10.2 Å². The third kappa shape index (κ3) is 5.34. The molecule has 1 amide bonds. The number of amides is 1. The Morgan fingerprint density at radius 3 is 2.86 bits per heavy atom. The molecule has 0 unspecified atom stereocenters. The van der Waals surface area contributed by atoms with Crippen molar-refractivity contribution in [2.24, 2.45) is 0 Å². The third-order valence-corrected chi connectivity index (χ3v) is 4.25. The highest BCUT2D eigenvalue weighted by Crippen LogP contribution is 2.24. The number of rotatable bonds is 8. The molecule has 22 heavy (non-hydrogen) atoms. The summed E-state index contributed by atoms with van der Waals surface area (Å²) in [7, 11) is 3.76. The summed E-state index contributed by atoms with van der Waals surface area (Å²) in [5.41, 5.74) is 1.17. The number of carbonyl (C=O) groups excluding carboxylic acids is 1. The van der Waals surface area contributed by atoms with E-state index in [9.17, 15) is 4.79 Å². The number of hydrogen-bond donors (Lipinski definition) is 1. The summed E-state index contributed by atoms with van der Waals surface area (Å²) in [6.45, 7) is 1.58. The van der Waals surface area contributed by atoms with Crippen LogP contribution < -0.4 is 10.1 Å². The van der Waals surface area contributed by atoms with Gasteiger partial charge in [0.2, 0.25) is 5.91 Å². The summed E-state index contributed by atoms with van der Waals surface area (Å²) < 4.78 is 6.02. The standard InChI is InChI=1S/C18H28N2O2/c1-19-12-13-20(2)18(21)11-10-15-6-5-9-17(14-15)22-16-7-3-4-8-16/h5-6,9,14,16,19H,3-4,7-8,10-13H2,1-2H3. The first-order chi connectivity index (χ1) is 10.7. The number of benzene rings is 1. The molecule has 0 aliphatic heterocycles. The smallest absolute Gasteiger partial charge is 0.222 e. The van der Waals surface area contributed by atoms with Gasteiger partial charge in [-0.15, -0.1) is 0 Å². The van der Waals surface area contributed by atoms with E-state index in [2.05, 4.69) is 17.4 Å². The van der Waals surface area contributed by atoms with Crippen LogP contribution in [0, 0.1) is 0 Å². The lowest BCUT2D eigenvalue weighted by Gasteiger charge is -2.17. The maximum atomic E-state index is 12.1. The lowest BCUT2D eigenvalue weighted by molar-refractivity contribution is -0.129. The molecular weight excluding hydrogens is 276 g/mol. The fourth-order valence-corrected chi connectivity index (χ4v) is 2.82. The number of hydrogen-bond acceptors (Lipinski definition) is 3. The monoisotopic (exact) mass is 304 g/mol. The minimum atomic E-state index is 0.192. The second-order valence-corrected chi connectivity index (χ2v) is 6.09. The van der Waals surface area contributed by atoms with Gasteiger partial charge in [0.05, 0.1) is 6.10 Å². The van der Waals surface area contributed by atoms with Gasteiger partial charge in [-0.2, -0.15) is 0 Å². The van der Waals surface area contributed by atoms with Crippen LogP contribution in [0.2, 0.25) is 0 Å². The van der Waals surface area contributed by atoms with Crippen molar-refractivity contribution < 1.29 is 9.53 Å². The second-order valence-electron chi connectivity index (χ2n) is 6.09. The van der Waals surface area contributed by atoms with E-state index in [1.165, 1.54) is 31.2 Å². The molecule has 1 fully saturated rings. The van der Waals surface area contributed by atoms with Gasteiger partial charge >= 0.3 is 0 Å². The van der Waals surface area contributed by atoms with Crippen LogP contribution in [0.5, 0.6) is 5.75 Å². The first-order valence-corrected chi connectivity index (χ1v) is 8.33. The summed E-state index contributed by atoms with van der Waals surface area (Å²) in [4.78, 5) is 13.8. The van der Waals surface area contributed by atoms with Crippen molar-refractivity contribution in [3.63, 3.8) is 0 Å². The van der Waals surface area contributed by atoms with Crippen molar-refractivity contribution in [2.75, 3.05) is 27.2 Å². The number of aryl methyl sites for hydroxylation is 1. The van der Waals surface area contributed by atoms with E-state index < -0.39 is 0 Å². The molecule has 1 saturated carbocycles. The third-order valence-electron chi connectivity index (χ3n) is 4.25. The van der Waals surface area contributed by atoms with Crippen LogP contribution in [-0.2, 0) is 11.2 Å². The van der Waals surface area contributed by atoms with E-state index in [0.717, 1.165) is 25.3 Å². The molecule has 1 aliphatic rings. The Kier molecular flexibility index (Phi) is 6.72. The average molecular weight is 304 g/mol. The summed E-state index contributed by atoms with van der Waals surface area (Å²) >= 11 is 0. The quantitative estimate of drug-likeness (QED) is 0.803. The van der Waals surface area contributed by atoms with Crippen LogP contribution in [0.15, 0.2) is 24.3 Å². The van der Waals surface area contributed by atoms with E-state index in [-0.39, 0.29) is 5.91 Å². The maximum absolute atomic E-state index is 12.1. The second kappa shape index (κ2) is 8.79. The highest BCUT2D eigenvalue weighted by Gasteiger charge is 2.16. The van der Waals surface area contributed by atoms with Gasteiger partial charge in [0, 0.05) is 26.6 Å². The molecule has 122 valence electrons. The molecule has 0 heterocycles. The SMILES string of the molecule is CNCCN(C)C(=O)CCc1cccc(OC2CCCC2)c1. The number of ether oxygens (including phenoxy) is 1. The molecule has 0 bridgehead atoms. The van der Waals surface area contributed by atoms with Gasteiger partial charge in [0.25, 0.3) is 0 Å². The largest absolute Gasteiger partial charge is 0.490 e. The minimum absolute atomic E-state index is 0.192. The van der Waals surface area contributed by atoms with E-state index in [1.54, 1.807) is 4.90 Å². The molecule has 1 N–H and O–H groups in total. The average Bonchev–Trinajstić information content (AvgIpc) is 3.03. The molecule has 1 aliphatic carbocycles. The van der Waals surface area contributed by atoms with Gasteiger partial charge in [-0.3, -0.25) is 4.79 Å². The predicted molar refractivity (Wildman–Crippen MR) is 89.2 cm³/mol. The first kappa shape index (κ1) is 16.8. The van der Waals surface area contributed by atoms with Crippen molar-refractivity contribution in [2.45, 2.75) is 44.6 Å². The molecule has 0 saturated heterocycles. The fraction of sp³-hybridized carbons (Fsp3) is 0.611. The number of nitrogens with one attached hydrogen (secondary N) is 1. The first-order valence-electron chi connectivity index (χ1n) is 8.33. The Balaban J connectivity index is 1.80. The van der Waals surface area contributed by atoms with E-state index in [1.807, 2.05) is 26.2 Å². The van der Waals surface area contributed by atoms with Crippen molar-refractivity contribution in [3.05, 3.63) is 29.8 Å². The van der Waals surface area contributed by atoms with Crippen LogP contribution in [0.1, 0.15) is 37.7 Å². The summed E-state index contributed by atoms with van der Waals surface area (Å²) in [6, 6.07) is 8.19. The van der Waals surface area contributed by atoms with Crippen molar-refractivity contribution >= 4 is 5.91 Å². The molecule has 1 aromatic carbocycles. The van der Waals surface area contributed by atoms with Crippen molar-refractivity contribution in [1.29, 1.82) is 0 Å². The van der Waals surface area contributed by atoms with Crippen LogP contribution >= 0.6 is 0 Å².